The fourth-order valence-corrected chi connectivity index (χ4v) is 3.12. The van der Waals surface area contributed by atoms with Gasteiger partial charge in [0, 0.05) is 25.8 Å². The summed E-state index contributed by atoms with van der Waals surface area (Å²) in [6.45, 7) is 0.694. The average molecular weight is 392 g/mol. The molecule has 0 aliphatic carbocycles. The standard InChI is InChI=1S/C27H37NO/c1-2-3-4-5-6-7-8-9-10-11-12-13-14-15-16-20-23-27(29)28-25-24-26-21-18-17-19-22-26/h1,3-4,17-19,21-22H,5-14,20,23-25H2,(H,28,29)/b4-3-. The highest BCUT2D eigenvalue weighted by molar-refractivity contribution is 5.76. The molecule has 0 aliphatic heterocycles. The lowest BCUT2D eigenvalue weighted by Gasteiger charge is -2.03. The quantitative estimate of drug-likeness (QED) is 0.279. The number of hydrogen-bond acceptors (Lipinski definition) is 1. The second kappa shape index (κ2) is 18.9. The molecule has 29 heavy (non-hydrogen) atoms. The lowest BCUT2D eigenvalue weighted by Crippen LogP contribution is -2.25. The van der Waals surface area contributed by atoms with E-state index in [2.05, 4.69) is 41.3 Å². The summed E-state index contributed by atoms with van der Waals surface area (Å²) in [6, 6.07) is 10.2. The first-order valence-electron chi connectivity index (χ1n) is 11.2. The molecule has 0 radical (unpaired) electrons. The molecule has 0 fully saturated rings. The molecule has 0 heterocycles. The van der Waals surface area contributed by atoms with Gasteiger partial charge in [-0.15, -0.1) is 18.3 Å². The van der Waals surface area contributed by atoms with E-state index < -0.39 is 0 Å². The number of amides is 1. The van der Waals surface area contributed by atoms with Gasteiger partial charge in [0.2, 0.25) is 5.91 Å². The van der Waals surface area contributed by atoms with Crippen molar-refractivity contribution in [1.29, 1.82) is 0 Å². The second-order valence-electron chi connectivity index (χ2n) is 7.38. The first kappa shape index (κ1) is 24.6. The molecule has 0 atom stereocenters. The molecule has 0 aromatic heterocycles. The van der Waals surface area contributed by atoms with E-state index in [0.717, 1.165) is 19.3 Å². The van der Waals surface area contributed by atoms with Gasteiger partial charge in [-0.3, -0.25) is 4.79 Å². The van der Waals surface area contributed by atoms with Gasteiger partial charge < -0.3 is 5.32 Å². The van der Waals surface area contributed by atoms with Gasteiger partial charge >= 0.3 is 0 Å². The molecular weight excluding hydrogens is 354 g/mol. The first-order valence-corrected chi connectivity index (χ1v) is 11.2. The van der Waals surface area contributed by atoms with Crippen molar-refractivity contribution in [3.63, 3.8) is 0 Å². The Morgan fingerprint density at radius 1 is 0.897 bits per heavy atom. The van der Waals surface area contributed by atoms with Crippen LogP contribution in [0.15, 0.2) is 42.5 Å². The van der Waals surface area contributed by atoms with E-state index >= 15 is 0 Å². The summed E-state index contributed by atoms with van der Waals surface area (Å²) in [4.78, 5) is 11.8. The van der Waals surface area contributed by atoms with Gasteiger partial charge in [0.15, 0.2) is 0 Å². The number of rotatable bonds is 15. The normalized spacial score (nSPS) is 10.3. The van der Waals surface area contributed by atoms with Crippen LogP contribution in [0.5, 0.6) is 0 Å². The van der Waals surface area contributed by atoms with Crippen LogP contribution in [0.2, 0.25) is 0 Å². The van der Waals surface area contributed by atoms with Crippen LogP contribution >= 0.6 is 0 Å². The summed E-state index contributed by atoms with van der Waals surface area (Å²) in [7, 11) is 0. The fourth-order valence-electron chi connectivity index (χ4n) is 3.12. The molecule has 1 rings (SSSR count). The summed E-state index contributed by atoms with van der Waals surface area (Å²) in [5.41, 5.74) is 1.25. The van der Waals surface area contributed by atoms with Crippen molar-refractivity contribution in [2.45, 2.75) is 83.5 Å². The number of benzene rings is 1. The van der Waals surface area contributed by atoms with Crippen molar-refractivity contribution in [3.8, 4) is 24.2 Å². The highest BCUT2D eigenvalue weighted by Gasteiger charge is 1.99. The van der Waals surface area contributed by atoms with E-state index in [1.165, 1.54) is 56.9 Å². The highest BCUT2D eigenvalue weighted by Crippen LogP contribution is 2.10. The van der Waals surface area contributed by atoms with Crippen LogP contribution in [0, 0.1) is 24.2 Å². The van der Waals surface area contributed by atoms with E-state index in [1.54, 1.807) is 6.08 Å². The van der Waals surface area contributed by atoms with Gasteiger partial charge in [0.25, 0.3) is 0 Å². The number of carbonyl (C=O) groups is 1. The summed E-state index contributed by atoms with van der Waals surface area (Å²) < 4.78 is 0. The zero-order valence-corrected chi connectivity index (χ0v) is 17.9. The van der Waals surface area contributed by atoms with Crippen LogP contribution in [-0.4, -0.2) is 12.5 Å². The largest absolute Gasteiger partial charge is 0.356 e. The highest BCUT2D eigenvalue weighted by atomic mass is 16.1. The number of allylic oxidation sites excluding steroid dienone is 2. The molecule has 2 heteroatoms. The Balaban J connectivity index is 1.84. The van der Waals surface area contributed by atoms with Crippen molar-refractivity contribution in [2.24, 2.45) is 0 Å². The predicted octanol–water partition coefficient (Wildman–Crippen LogP) is 6.22. The molecule has 0 spiro atoms. The Morgan fingerprint density at radius 3 is 2.28 bits per heavy atom. The van der Waals surface area contributed by atoms with Gasteiger partial charge in [-0.2, -0.15) is 0 Å². The minimum Gasteiger partial charge on any atom is -0.356 e. The summed E-state index contributed by atoms with van der Waals surface area (Å²) in [5.74, 6) is 8.97. The lowest BCUT2D eigenvalue weighted by atomic mass is 10.1. The van der Waals surface area contributed by atoms with Gasteiger partial charge in [-0.1, -0.05) is 80.9 Å². The molecule has 0 saturated heterocycles. The van der Waals surface area contributed by atoms with Crippen molar-refractivity contribution in [3.05, 3.63) is 48.0 Å². The number of unbranched alkanes of at least 4 members (excludes halogenated alkanes) is 9. The lowest BCUT2D eigenvalue weighted by molar-refractivity contribution is -0.120. The third kappa shape index (κ3) is 16.2. The van der Waals surface area contributed by atoms with Crippen molar-refractivity contribution in [1.82, 2.24) is 5.32 Å². The van der Waals surface area contributed by atoms with E-state index in [9.17, 15) is 4.79 Å². The summed E-state index contributed by atoms with van der Waals surface area (Å²) in [5, 5.41) is 2.97. The molecule has 2 nitrogen and oxygen atoms in total. The van der Waals surface area contributed by atoms with Gasteiger partial charge in [0.1, 0.15) is 0 Å². The predicted molar refractivity (Wildman–Crippen MR) is 124 cm³/mol. The Bertz CT molecular complexity index is 657. The third-order valence-electron chi connectivity index (χ3n) is 4.82. The number of carbonyl (C=O) groups excluding carboxylic acids is 1. The Kier molecular flexibility index (Phi) is 16.0. The zero-order valence-electron chi connectivity index (χ0n) is 17.9. The third-order valence-corrected chi connectivity index (χ3v) is 4.82. The minimum absolute atomic E-state index is 0.0994. The number of terminal acetylenes is 1. The molecule has 1 aromatic carbocycles. The van der Waals surface area contributed by atoms with Crippen molar-refractivity contribution in [2.75, 3.05) is 6.54 Å². The van der Waals surface area contributed by atoms with Gasteiger partial charge in [-0.25, -0.2) is 0 Å². The zero-order chi connectivity index (χ0) is 20.8. The Morgan fingerprint density at radius 2 is 1.55 bits per heavy atom. The maximum atomic E-state index is 11.8. The molecule has 156 valence electrons. The minimum atomic E-state index is 0.0994. The monoisotopic (exact) mass is 391 g/mol. The molecule has 1 N–H and O–H groups in total. The molecule has 1 aromatic rings. The Hall–Kier alpha value is -2.45. The van der Waals surface area contributed by atoms with Crippen LogP contribution in [0.4, 0.5) is 0 Å². The Labute approximate surface area is 178 Å². The number of hydrogen-bond donors (Lipinski definition) is 1. The molecular formula is C27H37NO. The smallest absolute Gasteiger partial charge is 0.220 e. The molecule has 0 aliphatic rings. The SMILES string of the molecule is C#C/C=C\CCCCCCCCCCC#CCCC(=O)NCCc1ccccc1. The van der Waals surface area contributed by atoms with Crippen molar-refractivity contribution < 1.29 is 4.79 Å². The van der Waals surface area contributed by atoms with Crippen LogP contribution in [-0.2, 0) is 11.2 Å². The molecule has 0 unspecified atom stereocenters. The van der Waals surface area contributed by atoms with E-state index in [4.69, 9.17) is 6.42 Å². The topological polar surface area (TPSA) is 29.1 Å². The summed E-state index contributed by atoms with van der Waals surface area (Å²) in [6.07, 6.45) is 23.4. The van der Waals surface area contributed by atoms with Gasteiger partial charge in [-0.05, 0) is 37.3 Å². The molecule has 0 saturated carbocycles. The van der Waals surface area contributed by atoms with E-state index in [-0.39, 0.29) is 5.91 Å². The van der Waals surface area contributed by atoms with Crippen molar-refractivity contribution >= 4 is 5.91 Å². The molecule has 0 bridgehead atoms. The summed E-state index contributed by atoms with van der Waals surface area (Å²) >= 11 is 0. The van der Waals surface area contributed by atoms with E-state index in [1.807, 2.05) is 18.2 Å². The van der Waals surface area contributed by atoms with E-state index in [0.29, 0.717) is 19.4 Å². The van der Waals surface area contributed by atoms with Crippen LogP contribution in [0.25, 0.3) is 0 Å². The van der Waals surface area contributed by atoms with Crippen LogP contribution < -0.4 is 5.32 Å². The van der Waals surface area contributed by atoms with Gasteiger partial charge in [0.05, 0.1) is 0 Å². The fraction of sp³-hybridized carbons (Fsp3) is 0.519. The number of nitrogens with one attached hydrogen (secondary N) is 1. The average Bonchev–Trinajstić information content (AvgIpc) is 2.74. The maximum Gasteiger partial charge on any atom is 0.220 e. The second-order valence-corrected chi connectivity index (χ2v) is 7.38. The first-order chi connectivity index (χ1) is 14.3. The maximum absolute atomic E-state index is 11.8. The molecule has 1 amide bonds. The van der Waals surface area contributed by atoms with Crippen LogP contribution in [0.1, 0.15) is 82.6 Å². The van der Waals surface area contributed by atoms with Crippen LogP contribution in [0.3, 0.4) is 0 Å².